The SMILES string of the molecule is CN1CCc2cc(Cl)c(F)c(C3OC(=O)NC3=O)c21. The summed E-state index contributed by atoms with van der Waals surface area (Å²) in [5, 5.41) is 1.92. The molecule has 1 atom stereocenters. The molecule has 2 aliphatic rings. The molecule has 3 rings (SSSR count). The van der Waals surface area contributed by atoms with E-state index in [0.29, 0.717) is 18.7 Å². The molecule has 0 radical (unpaired) electrons. The maximum absolute atomic E-state index is 14.3. The van der Waals surface area contributed by atoms with Gasteiger partial charge in [0.15, 0.2) is 5.82 Å². The molecule has 2 amide bonds. The summed E-state index contributed by atoms with van der Waals surface area (Å²) in [7, 11) is 1.79. The zero-order chi connectivity index (χ0) is 13.7. The van der Waals surface area contributed by atoms with Gasteiger partial charge in [-0.05, 0) is 18.1 Å². The van der Waals surface area contributed by atoms with Gasteiger partial charge in [0.05, 0.1) is 16.3 Å². The highest BCUT2D eigenvalue weighted by Gasteiger charge is 2.40. The molecule has 0 saturated carbocycles. The molecule has 1 N–H and O–H groups in total. The number of hydrogen-bond donors (Lipinski definition) is 1. The smallest absolute Gasteiger partial charge is 0.415 e. The number of alkyl carbamates (subject to hydrolysis) is 1. The van der Waals surface area contributed by atoms with Gasteiger partial charge in [0.25, 0.3) is 5.91 Å². The van der Waals surface area contributed by atoms with Crippen LogP contribution in [-0.2, 0) is 16.0 Å². The first-order valence-electron chi connectivity index (χ1n) is 5.72. The van der Waals surface area contributed by atoms with Crippen molar-refractivity contribution in [2.45, 2.75) is 12.5 Å². The van der Waals surface area contributed by atoms with E-state index in [0.717, 1.165) is 5.56 Å². The number of nitrogens with one attached hydrogen (secondary N) is 1. The molecule has 19 heavy (non-hydrogen) atoms. The third kappa shape index (κ3) is 1.74. The van der Waals surface area contributed by atoms with E-state index < -0.39 is 23.9 Å². The first kappa shape index (κ1) is 12.2. The monoisotopic (exact) mass is 284 g/mol. The van der Waals surface area contributed by atoms with Crippen molar-refractivity contribution in [2.75, 3.05) is 18.5 Å². The number of anilines is 1. The molecule has 5 nitrogen and oxygen atoms in total. The van der Waals surface area contributed by atoms with Crippen LogP contribution in [0.15, 0.2) is 6.07 Å². The average Bonchev–Trinajstić information content (AvgIpc) is 2.85. The van der Waals surface area contributed by atoms with Gasteiger partial charge in [0.2, 0.25) is 6.10 Å². The van der Waals surface area contributed by atoms with Crippen LogP contribution in [0, 0.1) is 5.82 Å². The highest BCUT2D eigenvalue weighted by atomic mass is 35.5. The van der Waals surface area contributed by atoms with Gasteiger partial charge in [-0.1, -0.05) is 11.6 Å². The molecule has 2 heterocycles. The summed E-state index contributed by atoms with van der Waals surface area (Å²) in [6.45, 7) is 0.699. The Hall–Kier alpha value is -1.82. The summed E-state index contributed by atoms with van der Waals surface area (Å²) in [6.07, 6.45) is -1.44. The number of halogens is 2. The molecule has 0 aliphatic carbocycles. The molecule has 2 aliphatic heterocycles. The number of imide groups is 1. The van der Waals surface area contributed by atoms with Crippen molar-refractivity contribution in [1.82, 2.24) is 5.32 Å². The maximum atomic E-state index is 14.3. The zero-order valence-corrected chi connectivity index (χ0v) is 10.8. The Balaban J connectivity index is 2.20. The Kier molecular flexibility index (Phi) is 2.63. The third-order valence-electron chi connectivity index (χ3n) is 3.36. The molecule has 0 aromatic heterocycles. The van der Waals surface area contributed by atoms with Crippen LogP contribution in [0.5, 0.6) is 0 Å². The molecule has 1 unspecified atom stereocenters. The van der Waals surface area contributed by atoms with Gasteiger partial charge in [-0.3, -0.25) is 10.1 Å². The lowest BCUT2D eigenvalue weighted by molar-refractivity contribution is -0.123. The van der Waals surface area contributed by atoms with Crippen molar-refractivity contribution in [3.05, 3.63) is 28.0 Å². The number of ether oxygens (including phenoxy) is 1. The number of fused-ring (bicyclic) bond motifs is 1. The summed E-state index contributed by atoms with van der Waals surface area (Å²) in [6, 6.07) is 1.55. The number of likely N-dealkylation sites (N-methyl/N-ethyl adjacent to an activating group) is 1. The van der Waals surface area contributed by atoms with Crippen molar-refractivity contribution < 1.29 is 18.7 Å². The van der Waals surface area contributed by atoms with Crippen molar-refractivity contribution in [3.63, 3.8) is 0 Å². The van der Waals surface area contributed by atoms with Crippen molar-refractivity contribution in [2.24, 2.45) is 0 Å². The maximum Gasteiger partial charge on any atom is 0.415 e. The van der Waals surface area contributed by atoms with Crippen molar-refractivity contribution in [1.29, 1.82) is 0 Å². The Labute approximate surface area is 113 Å². The topological polar surface area (TPSA) is 58.6 Å². The van der Waals surface area contributed by atoms with E-state index in [1.54, 1.807) is 13.1 Å². The van der Waals surface area contributed by atoms with Crippen LogP contribution in [0.2, 0.25) is 5.02 Å². The van der Waals surface area contributed by atoms with E-state index in [1.165, 1.54) is 0 Å². The van der Waals surface area contributed by atoms with Gasteiger partial charge in [0, 0.05) is 13.6 Å². The van der Waals surface area contributed by atoms with Gasteiger partial charge in [0.1, 0.15) is 0 Å². The normalized spacial score (nSPS) is 21.4. The Morgan fingerprint density at radius 1 is 1.53 bits per heavy atom. The van der Waals surface area contributed by atoms with Crippen LogP contribution in [0.3, 0.4) is 0 Å². The van der Waals surface area contributed by atoms with E-state index in [4.69, 9.17) is 16.3 Å². The molecule has 1 aromatic rings. The van der Waals surface area contributed by atoms with Crippen LogP contribution < -0.4 is 10.2 Å². The molecule has 1 aromatic carbocycles. The van der Waals surface area contributed by atoms with E-state index in [9.17, 15) is 14.0 Å². The number of carbonyl (C=O) groups is 2. The van der Waals surface area contributed by atoms with Gasteiger partial charge in [-0.25, -0.2) is 9.18 Å². The minimum absolute atomic E-state index is 0.0332. The molecule has 0 spiro atoms. The van der Waals surface area contributed by atoms with E-state index in [-0.39, 0.29) is 10.6 Å². The highest BCUT2D eigenvalue weighted by molar-refractivity contribution is 6.31. The second-order valence-corrected chi connectivity index (χ2v) is 4.95. The quantitative estimate of drug-likeness (QED) is 0.854. The number of amides is 2. The van der Waals surface area contributed by atoms with Gasteiger partial charge < -0.3 is 9.64 Å². The van der Waals surface area contributed by atoms with Gasteiger partial charge in [-0.2, -0.15) is 0 Å². The summed E-state index contributed by atoms with van der Waals surface area (Å²) in [5.41, 5.74) is 1.46. The lowest BCUT2D eigenvalue weighted by atomic mass is 10.0. The first-order chi connectivity index (χ1) is 8.99. The highest BCUT2D eigenvalue weighted by Crippen LogP contribution is 2.41. The molecular weight excluding hydrogens is 275 g/mol. The van der Waals surface area contributed by atoms with Crippen LogP contribution in [0.25, 0.3) is 0 Å². The number of carbonyl (C=O) groups excluding carboxylic acids is 2. The average molecular weight is 285 g/mol. The third-order valence-corrected chi connectivity index (χ3v) is 3.63. The number of cyclic esters (lactones) is 1. The minimum atomic E-state index is -1.28. The second kappa shape index (κ2) is 4.09. The Morgan fingerprint density at radius 3 is 2.89 bits per heavy atom. The van der Waals surface area contributed by atoms with E-state index >= 15 is 0 Å². The number of benzene rings is 1. The standard InChI is InChI=1S/C12H10ClFN2O3/c1-16-3-2-5-4-6(13)8(14)7(9(5)16)10-11(17)15-12(18)19-10/h4,10H,2-3H2,1H3,(H,15,17,18). The van der Waals surface area contributed by atoms with Gasteiger partial charge in [-0.15, -0.1) is 0 Å². The fourth-order valence-corrected chi connectivity index (χ4v) is 2.75. The number of nitrogens with zero attached hydrogens (tertiary/aromatic N) is 1. The van der Waals surface area contributed by atoms with Crippen LogP contribution >= 0.6 is 11.6 Å². The lowest BCUT2D eigenvalue weighted by Crippen LogP contribution is -2.23. The van der Waals surface area contributed by atoms with E-state index in [1.807, 2.05) is 10.2 Å². The number of rotatable bonds is 1. The fraction of sp³-hybridized carbons (Fsp3) is 0.333. The van der Waals surface area contributed by atoms with Gasteiger partial charge >= 0.3 is 6.09 Å². The summed E-state index contributed by atoms with van der Waals surface area (Å²) >= 11 is 5.84. The Bertz CT molecular complexity index is 605. The molecular formula is C12H10ClFN2O3. The predicted octanol–water partition coefficient (Wildman–Crippen LogP) is 1.78. The number of hydrogen-bond acceptors (Lipinski definition) is 4. The minimum Gasteiger partial charge on any atom is -0.431 e. The van der Waals surface area contributed by atoms with Crippen LogP contribution in [0.4, 0.5) is 14.9 Å². The van der Waals surface area contributed by atoms with Crippen LogP contribution in [0.1, 0.15) is 17.2 Å². The largest absolute Gasteiger partial charge is 0.431 e. The Morgan fingerprint density at radius 2 is 2.26 bits per heavy atom. The predicted molar refractivity (Wildman–Crippen MR) is 65.7 cm³/mol. The van der Waals surface area contributed by atoms with Crippen molar-refractivity contribution in [3.8, 4) is 0 Å². The van der Waals surface area contributed by atoms with Crippen molar-refractivity contribution >= 4 is 29.3 Å². The lowest BCUT2D eigenvalue weighted by Gasteiger charge is -2.20. The molecule has 0 bridgehead atoms. The molecule has 100 valence electrons. The fourth-order valence-electron chi connectivity index (χ4n) is 2.52. The summed E-state index contributed by atoms with van der Waals surface area (Å²) in [4.78, 5) is 24.6. The summed E-state index contributed by atoms with van der Waals surface area (Å²) in [5.74, 6) is -1.39. The molecule has 7 heteroatoms. The molecule has 1 fully saturated rings. The summed E-state index contributed by atoms with van der Waals surface area (Å²) < 4.78 is 19.1. The van der Waals surface area contributed by atoms with Crippen LogP contribution in [-0.4, -0.2) is 25.6 Å². The van der Waals surface area contributed by atoms with E-state index in [2.05, 4.69) is 0 Å². The zero-order valence-electron chi connectivity index (χ0n) is 10.00. The molecule has 1 saturated heterocycles. The second-order valence-electron chi connectivity index (χ2n) is 4.54. The first-order valence-corrected chi connectivity index (χ1v) is 6.10.